The Bertz CT molecular complexity index is 2080. The van der Waals surface area contributed by atoms with Gasteiger partial charge in [-0.2, -0.15) is 0 Å². The van der Waals surface area contributed by atoms with Gasteiger partial charge < -0.3 is 108 Å². The second-order valence-electron chi connectivity index (χ2n) is 27.6. The van der Waals surface area contributed by atoms with Crippen molar-refractivity contribution in [3.8, 4) is 0 Å². The molecular formula is C83H177N19O3S4. The lowest BCUT2D eigenvalue weighted by Crippen LogP contribution is -2.44. The minimum atomic E-state index is 0.361. The van der Waals surface area contributed by atoms with Crippen LogP contribution in [0.25, 0.3) is 0 Å². The van der Waals surface area contributed by atoms with Crippen LogP contribution in [0.1, 0.15) is 204 Å². The normalized spacial score (nSPS) is 13.3. The van der Waals surface area contributed by atoms with Crippen LogP contribution < -0.4 is 74.1 Å². The zero-order valence-corrected chi connectivity index (χ0v) is 75.5. The monoisotopic (exact) mass is 1620 g/mol. The van der Waals surface area contributed by atoms with Crippen LogP contribution in [0.4, 0.5) is 5.69 Å². The minimum Gasteiger partial charge on any atom is -0.399 e. The van der Waals surface area contributed by atoms with Crippen molar-refractivity contribution in [3.05, 3.63) is 84.6 Å². The number of benzene rings is 2. The van der Waals surface area contributed by atoms with Gasteiger partial charge in [-0.15, -0.1) is 0 Å². The highest BCUT2D eigenvalue weighted by Gasteiger charge is 2.13. The van der Waals surface area contributed by atoms with E-state index in [1.54, 1.807) is 34.1 Å². The zero-order chi connectivity index (χ0) is 82.8. The highest BCUT2D eigenvalue weighted by molar-refractivity contribution is 8.77. The Balaban J connectivity index is -0.000000269. The summed E-state index contributed by atoms with van der Waals surface area (Å²) >= 11 is 0. The lowest BCUT2D eigenvalue weighted by atomic mass is 9.91. The Morgan fingerprint density at radius 3 is 1.46 bits per heavy atom. The molecule has 646 valence electrons. The molecule has 6 rings (SSSR count). The smallest absolute Gasteiger partial charge is 0.0945 e. The molecule has 4 heterocycles. The zero-order valence-electron chi connectivity index (χ0n) is 72.3. The molecule has 1 aromatic heterocycles. The molecule has 3 aliphatic heterocycles. The van der Waals surface area contributed by atoms with Gasteiger partial charge in [-0.25, -0.2) is 4.98 Å². The first-order valence-corrected chi connectivity index (χ1v) is 46.4. The Morgan fingerprint density at radius 2 is 1.06 bits per heavy atom. The molecule has 0 amide bonds. The summed E-state index contributed by atoms with van der Waals surface area (Å²) in [6.45, 7) is 51.7. The van der Waals surface area contributed by atoms with E-state index in [2.05, 4.69) is 150 Å². The lowest BCUT2D eigenvalue weighted by molar-refractivity contribution is 0.0161. The molecule has 2 aromatic carbocycles. The molecule has 0 saturated carbocycles. The summed E-state index contributed by atoms with van der Waals surface area (Å²) in [5, 5.41) is 3.26. The topological polar surface area (TPSA) is 392 Å². The van der Waals surface area contributed by atoms with Gasteiger partial charge in [-0.05, 0) is 249 Å². The third-order valence-corrected chi connectivity index (χ3v) is 21.4. The van der Waals surface area contributed by atoms with Crippen molar-refractivity contribution in [1.82, 2.24) is 29.6 Å². The fourth-order valence-corrected chi connectivity index (χ4v) is 12.3. The average molecular weight is 1620 g/mol. The van der Waals surface area contributed by atoms with Gasteiger partial charge in [0.15, 0.2) is 0 Å². The molecule has 22 nitrogen and oxygen atoms in total. The SMILES string of the molecule is CCC(C)(C)CN.CCC(C)CCN.CCCCC(C)CN.CCCCN.CCCNCCCN.CCCOCCOCCOCCN.CCCSSCCN.CN1CCN(CCCN)CC1.Cc1ccc(SSc2ccc(N)cc2)cc1.NCCC1=CCC=N1.NCCCN1CCCC1.NCCCn1ccnc1. The van der Waals surface area contributed by atoms with Gasteiger partial charge in [0.05, 0.1) is 39.4 Å². The number of nitrogens with zero attached hydrogens (tertiary/aromatic N) is 6. The number of allylic oxidation sites excluding steroid dienone is 1. The van der Waals surface area contributed by atoms with Gasteiger partial charge in [0.25, 0.3) is 0 Å². The second-order valence-corrected chi connectivity index (χ2v) is 32.6. The van der Waals surface area contributed by atoms with Gasteiger partial charge in [-0.1, -0.05) is 169 Å². The Morgan fingerprint density at radius 1 is 0.523 bits per heavy atom. The number of likely N-dealkylation sites (tertiary alicyclic amines) is 1. The van der Waals surface area contributed by atoms with Crippen molar-refractivity contribution >= 4 is 55.1 Å². The summed E-state index contributed by atoms with van der Waals surface area (Å²) in [5.74, 6) is 3.90. The number of aromatic nitrogens is 2. The summed E-state index contributed by atoms with van der Waals surface area (Å²) in [6.07, 6.45) is 32.1. The molecule has 0 radical (unpaired) electrons. The number of unbranched alkanes of at least 4 members (excludes halogenated alkanes) is 2. The van der Waals surface area contributed by atoms with Gasteiger partial charge >= 0.3 is 0 Å². The van der Waals surface area contributed by atoms with E-state index in [1.165, 1.54) is 157 Å². The van der Waals surface area contributed by atoms with Gasteiger partial charge in [0.1, 0.15) is 0 Å². The standard InChI is InChI=1S/C13H13NS2.C9H21NO3.C8H19N3.C7H16N2.C7H17N.C6H11N3.C6H10N2.C6H16N2.2C6H15N.C5H13NS2.C4H11N/c1-10-2-6-12(7-3-10)15-16-13-8-4-11(14)5-9-13;1-2-4-11-6-8-13-9-7-12-5-3-10;1-10-5-7-11(8-6-10)4-2-3-9;8-4-3-7-9-5-1-2-6-9;1-3-4-5-7(2)6-8;7-2-1-4-9-5-3-8-6-9;7-4-3-6-2-1-5-8-6;1-2-5-8-6-3-4-7;1-4-6(2,3)5-7;1-3-6(2)4-5-7;1-2-4-7-8-5-3-6;1-2-3-4-5/h2-9H,14H2,1H3;2-10H2,1H3;2-9H2,1H3;1-8H2;7H,3-6,8H2,1-2H3;3,5-6H,1-2,4,7H2;2,5H,1,3-4,7H2;8H,2-7H2,1H3;4-5,7H2,1-3H3;6H,3-5,7H2,1-2H3;2-6H2,1H3;2-5H2,1H3. The summed E-state index contributed by atoms with van der Waals surface area (Å²) in [7, 11) is 9.48. The first kappa shape index (κ1) is 117. The van der Waals surface area contributed by atoms with Crippen LogP contribution in [0, 0.1) is 24.2 Å². The third-order valence-electron chi connectivity index (χ3n) is 16.4. The summed E-state index contributed by atoms with van der Waals surface area (Å²) < 4.78 is 17.6. The van der Waals surface area contributed by atoms with E-state index in [0.29, 0.717) is 51.5 Å². The number of ether oxygens (including phenoxy) is 3. The van der Waals surface area contributed by atoms with Crippen LogP contribution >= 0.6 is 43.2 Å². The first-order chi connectivity index (χ1) is 52.8. The first-order valence-electron chi connectivity index (χ1n) is 41.7. The van der Waals surface area contributed by atoms with Crippen molar-refractivity contribution in [3.63, 3.8) is 0 Å². The molecule has 0 aliphatic carbocycles. The Hall–Kier alpha value is -2.46. The van der Waals surface area contributed by atoms with E-state index in [1.807, 2.05) is 62.8 Å². The van der Waals surface area contributed by atoms with Crippen LogP contribution in [0.2, 0.25) is 0 Å². The summed E-state index contributed by atoms with van der Waals surface area (Å²) in [4.78, 5) is 17.8. The third kappa shape index (κ3) is 97.8. The number of nitrogens with one attached hydrogen (secondary N) is 1. The van der Waals surface area contributed by atoms with E-state index >= 15 is 0 Å². The maximum absolute atomic E-state index is 5.63. The van der Waals surface area contributed by atoms with E-state index in [9.17, 15) is 0 Å². The lowest BCUT2D eigenvalue weighted by Gasteiger charge is -2.32. The number of rotatable bonds is 45. The maximum Gasteiger partial charge on any atom is 0.0945 e. The highest BCUT2D eigenvalue weighted by atomic mass is 33.1. The van der Waals surface area contributed by atoms with Crippen molar-refractivity contribution in [2.45, 2.75) is 221 Å². The van der Waals surface area contributed by atoms with E-state index in [4.69, 9.17) is 83.0 Å². The number of hydrogen-bond acceptors (Lipinski definition) is 25. The van der Waals surface area contributed by atoms with E-state index in [-0.39, 0.29) is 0 Å². The quantitative estimate of drug-likeness (QED) is 0.0142. The summed E-state index contributed by atoms with van der Waals surface area (Å²) in [6, 6.07) is 16.5. The number of likely N-dealkylation sites (N-methyl/N-ethyl adjacent to an activating group) is 1. The largest absolute Gasteiger partial charge is 0.399 e. The molecule has 3 aromatic rings. The van der Waals surface area contributed by atoms with Crippen LogP contribution in [-0.2, 0) is 20.8 Å². The number of piperazine rings is 1. The molecule has 26 heteroatoms. The second kappa shape index (κ2) is 97.9. The average Bonchev–Trinajstić information content (AvgIpc) is 1.32. The highest BCUT2D eigenvalue weighted by Crippen LogP contribution is 2.37. The molecule has 3 aliphatic rings. The number of imidazole rings is 1. The maximum atomic E-state index is 5.63. The Kier molecular flexibility index (Phi) is 105. The molecular weight excluding hydrogens is 1440 g/mol. The van der Waals surface area contributed by atoms with Crippen LogP contribution in [0.5, 0.6) is 0 Å². The van der Waals surface area contributed by atoms with Gasteiger partial charge in [-0.3, -0.25) is 4.99 Å². The number of aryl methyl sites for hydroxylation is 2. The van der Waals surface area contributed by atoms with E-state index < -0.39 is 0 Å². The van der Waals surface area contributed by atoms with Crippen molar-refractivity contribution in [1.29, 1.82) is 0 Å². The van der Waals surface area contributed by atoms with Gasteiger partial charge in [0.2, 0.25) is 0 Å². The predicted octanol–water partition coefficient (Wildman–Crippen LogP) is 13.1. The molecule has 2 saturated heterocycles. The molecule has 2 unspecified atom stereocenters. The Labute approximate surface area is 687 Å². The number of nitrogen functional groups attached to an aromatic ring is 1. The fraction of sp³-hybridized carbons (Fsp3) is 0.783. The predicted molar refractivity (Wildman–Crippen MR) is 492 cm³/mol. The molecule has 0 bridgehead atoms. The fourth-order valence-electron chi connectivity index (χ4n) is 8.39. The van der Waals surface area contributed by atoms with Gasteiger partial charge in [0, 0.05) is 117 Å². The van der Waals surface area contributed by atoms with Crippen molar-refractivity contribution in [2.24, 2.45) is 85.3 Å². The number of aliphatic imine (C=N–C) groups is 1. The van der Waals surface area contributed by atoms with Crippen LogP contribution in [0.3, 0.4) is 0 Å². The van der Waals surface area contributed by atoms with Crippen molar-refractivity contribution < 1.29 is 14.2 Å². The van der Waals surface area contributed by atoms with Crippen molar-refractivity contribution in [2.75, 3.05) is 201 Å². The molecule has 25 N–H and O–H groups in total. The minimum absolute atomic E-state index is 0.361. The number of hydrogen-bond donors (Lipinski definition) is 13. The molecule has 2 fully saturated rings. The molecule has 109 heavy (non-hydrogen) atoms. The summed E-state index contributed by atoms with van der Waals surface area (Å²) in [5.41, 5.74) is 67.7. The number of nitrogens with two attached hydrogens (primary N) is 12. The van der Waals surface area contributed by atoms with E-state index in [0.717, 1.165) is 153 Å². The molecule has 0 spiro atoms. The number of anilines is 1. The molecule has 2 atom stereocenters. The van der Waals surface area contributed by atoms with Crippen LogP contribution in [0.15, 0.2) is 93.8 Å². The van der Waals surface area contributed by atoms with Crippen LogP contribution in [-0.4, -0.2) is 226 Å².